The summed E-state index contributed by atoms with van der Waals surface area (Å²) in [5, 5.41) is 12.4. The maximum Gasteiger partial charge on any atom is 0.435 e. The van der Waals surface area contributed by atoms with Crippen molar-refractivity contribution in [2.75, 3.05) is 25.1 Å². The van der Waals surface area contributed by atoms with Crippen LogP contribution in [0.4, 0.5) is 29.2 Å². The van der Waals surface area contributed by atoms with Crippen molar-refractivity contribution in [2.24, 2.45) is 0 Å². The average Bonchev–Trinajstić information content (AvgIpc) is 3.57. The summed E-state index contributed by atoms with van der Waals surface area (Å²) in [5.74, 6) is -1.48. The van der Waals surface area contributed by atoms with Gasteiger partial charge in [0.2, 0.25) is 5.95 Å². The molecule has 0 unspecified atom stereocenters. The average molecular weight is 565 g/mol. The number of alkyl halides is 3. The fourth-order valence-electron chi connectivity index (χ4n) is 4.32. The van der Waals surface area contributed by atoms with Gasteiger partial charge in [0.25, 0.3) is 5.91 Å². The van der Waals surface area contributed by atoms with Gasteiger partial charge in [0.05, 0.1) is 11.4 Å². The Kier molecular flexibility index (Phi) is 7.28. The second-order valence-electron chi connectivity index (χ2n) is 9.46. The van der Waals surface area contributed by atoms with Gasteiger partial charge in [-0.3, -0.25) is 9.89 Å². The number of rotatable bonds is 7. The molecule has 0 saturated heterocycles. The molecule has 0 aliphatic heterocycles. The number of aromatic amines is 1. The molecule has 5 rings (SSSR count). The second kappa shape index (κ2) is 10.8. The summed E-state index contributed by atoms with van der Waals surface area (Å²) in [6.45, 7) is 0.632. The lowest BCUT2D eigenvalue weighted by molar-refractivity contribution is -0.141. The zero-order valence-corrected chi connectivity index (χ0v) is 21.9. The van der Waals surface area contributed by atoms with Crippen LogP contribution in [0.25, 0.3) is 28.2 Å². The lowest BCUT2D eigenvalue weighted by Gasteiger charge is -2.15. The molecule has 0 fully saturated rings. The van der Waals surface area contributed by atoms with Crippen LogP contribution in [0.5, 0.6) is 0 Å². The molecule has 0 spiro atoms. The first-order valence-electron chi connectivity index (χ1n) is 12.3. The second-order valence-corrected chi connectivity index (χ2v) is 9.46. The minimum atomic E-state index is -4.83. The van der Waals surface area contributed by atoms with E-state index in [0.29, 0.717) is 23.7 Å². The number of carbonyl (C=O) groups is 1. The minimum Gasteiger partial charge on any atom is -0.366 e. The molecule has 0 radical (unpaired) electrons. The van der Waals surface area contributed by atoms with E-state index in [1.165, 1.54) is 24.3 Å². The van der Waals surface area contributed by atoms with Crippen molar-refractivity contribution in [1.82, 2.24) is 29.9 Å². The molecule has 13 heteroatoms. The third kappa shape index (κ3) is 5.94. The quantitative estimate of drug-likeness (QED) is 0.229. The highest BCUT2D eigenvalue weighted by Crippen LogP contribution is 2.32. The Labute approximate surface area is 231 Å². The fourth-order valence-corrected chi connectivity index (χ4v) is 4.32. The summed E-state index contributed by atoms with van der Waals surface area (Å²) < 4.78 is 56.9. The molecule has 9 nitrogen and oxygen atoms in total. The molecule has 0 saturated carbocycles. The van der Waals surface area contributed by atoms with Crippen molar-refractivity contribution < 1.29 is 22.4 Å². The van der Waals surface area contributed by atoms with Crippen LogP contribution in [0.15, 0.2) is 72.8 Å². The third-order valence-electron chi connectivity index (χ3n) is 6.13. The van der Waals surface area contributed by atoms with E-state index in [-0.39, 0.29) is 23.1 Å². The zero-order chi connectivity index (χ0) is 29.3. The van der Waals surface area contributed by atoms with Crippen LogP contribution >= 0.6 is 0 Å². The van der Waals surface area contributed by atoms with Crippen LogP contribution < -0.4 is 11.1 Å². The molecule has 2 aromatic heterocycles. The van der Waals surface area contributed by atoms with E-state index < -0.39 is 29.3 Å². The van der Waals surface area contributed by atoms with E-state index in [4.69, 9.17) is 5.73 Å². The Bertz CT molecular complexity index is 1720. The van der Waals surface area contributed by atoms with Gasteiger partial charge in [0.1, 0.15) is 11.5 Å². The van der Waals surface area contributed by atoms with Crippen LogP contribution in [0.1, 0.15) is 21.7 Å². The minimum absolute atomic E-state index is 0.0156. The summed E-state index contributed by atoms with van der Waals surface area (Å²) in [6.07, 6.45) is -4.83. The van der Waals surface area contributed by atoms with Crippen molar-refractivity contribution >= 4 is 17.5 Å². The Morgan fingerprint density at radius 3 is 2.49 bits per heavy atom. The number of hydrogen-bond donors (Lipinski definition) is 3. The van der Waals surface area contributed by atoms with Crippen molar-refractivity contribution in [3.05, 3.63) is 95.6 Å². The number of nitrogen functional groups attached to an aromatic ring is 1. The van der Waals surface area contributed by atoms with Crippen molar-refractivity contribution in [3.8, 4) is 28.2 Å². The van der Waals surface area contributed by atoms with Crippen molar-refractivity contribution in [2.45, 2.75) is 12.7 Å². The number of carbonyl (C=O) groups excluding carboxylic acids is 1. The maximum absolute atomic E-state index is 15.2. The van der Waals surface area contributed by atoms with Crippen LogP contribution in [0.2, 0.25) is 0 Å². The van der Waals surface area contributed by atoms with Crippen LogP contribution in [0, 0.1) is 5.82 Å². The number of nitrogens with two attached hydrogens (primary N) is 1. The van der Waals surface area contributed by atoms with Crippen LogP contribution in [-0.4, -0.2) is 49.9 Å². The normalized spacial score (nSPS) is 11.7. The molecule has 0 bridgehead atoms. The van der Waals surface area contributed by atoms with Crippen molar-refractivity contribution in [3.63, 3.8) is 0 Å². The Hall–Kier alpha value is -5.04. The van der Waals surface area contributed by atoms with Gasteiger partial charge < -0.3 is 16.0 Å². The standard InChI is InChI=1S/C28H24F4N8O/c1-39(2)15-18-6-3-4-9-20(18)16-10-11-22(21(29)13-16)34-26(41)23-14-24(28(30,31)32)38-40(23)19-8-5-7-17(12-19)25-35-27(33)37-36-25/h3-14H,15H2,1-2H3,(H,34,41)(H3,33,35,36,37). The summed E-state index contributed by atoms with van der Waals surface area (Å²) >= 11 is 0. The summed E-state index contributed by atoms with van der Waals surface area (Å²) in [7, 11) is 3.84. The van der Waals surface area contributed by atoms with Gasteiger partial charge in [-0.15, -0.1) is 5.10 Å². The lowest BCUT2D eigenvalue weighted by Crippen LogP contribution is -2.17. The van der Waals surface area contributed by atoms with Crippen molar-refractivity contribution in [1.29, 1.82) is 0 Å². The molecule has 0 aliphatic carbocycles. The number of nitrogens with zero attached hydrogens (tertiary/aromatic N) is 5. The zero-order valence-electron chi connectivity index (χ0n) is 21.9. The first-order valence-corrected chi connectivity index (χ1v) is 12.3. The Morgan fingerprint density at radius 1 is 1.02 bits per heavy atom. The van der Waals surface area contributed by atoms with E-state index >= 15 is 4.39 Å². The molecular weight excluding hydrogens is 540 g/mol. The molecular formula is C28H24F4N8O. The lowest BCUT2D eigenvalue weighted by atomic mass is 9.99. The topological polar surface area (TPSA) is 118 Å². The number of halogens is 4. The third-order valence-corrected chi connectivity index (χ3v) is 6.13. The van der Waals surface area contributed by atoms with E-state index in [1.807, 2.05) is 43.3 Å². The largest absolute Gasteiger partial charge is 0.435 e. The van der Waals surface area contributed by atoms with Crippen LogP contribution in [0.3, 0.4) is 0 Å². The molecule has 41 heavy (non-hydrogen) atoms. The number of nitrogens with one attached hydrogen (secondary N) is 2. The highest BCUT2D eigenvalue weighted by atomic mass is 19.4. The fraction of sp³-hybridized carbons (Fsp3) is 0.143. The van der Waals surface area contributed by atoms with Gasteiger partial charge in [-0.1, -0.05) is 42.5 Å². The highest BCUT2D eigenvalue weighted by molar-refractivity contribution is 6.03. The smallest absolute Gasteiger partial charge is 0.366 e. The molecule has 4 N–H and O–H groups in total. The maximum atomic E-state index is 15.2. The van der Waals surface area contributed by atoms with E-state index in [0.717, 1.165) is 15.8 Å². The first kappa shape index (κ1) is 27.5. The Balaban J connectivity index is 1.48. The van der Waals surface area contributed by atoms with E-state index in [2.05, 4.69) is 25.6 Å². The predicted molar refractivity (Wildman–Crippen MR) is 146 cm³/mol. The molecule has 3 aromatic carbocycles. The van der Waals surface area contributed by atoms with E-state index in [9.17, 15) is 18.0 Å². The molecule has 1 amide bonds. The number of benzene rings is 3. The number of H-pyrrole nitrogens is 1. The summed E-state index contributed by atoms with van der Waals surface area (Å²) in [4.78, 5) is 19.2. The van der Waals surface area contributed by atoms with Gasteiger partial charge in [0, 0.05) is 18.2 Å². The predicted octanol–water partition coefficient (Wildman–Crippen LogP) is 5.38. The van der Waals surface area contributed by atoms with Gasteiger partial charge in [-0.25, -0.2) is 9.07 Å². The molecule has 5 aromatic rings. The summed E-state index contributed by atoms with van der Waals surface area (Å²) in [5.41, 5.74) is 6.58. The molecule has 210 valence electrons. The highest BCUT2D eigenvalue weighted by Gasteiger charge is 2.36. The number of aromatic nitrogens is 5. The number of hydrogen-bond acceptors (Lipinski definition) is 6. The number of amides is 1. The summed E-state index contributed by atoms with van der Waals surface area (Å²) in [6, 6.07) is 18.5. The Morgan fingerprint density at radius 2 is 1.80 bits per heavy atom. The SMILES string of the molecule is CN(C)Cc1ccccc1-c1ccc(NC(=O)c2cc(C(F)(F)F)nn2-c2cccc(-c3nc(N)n[nH]3)c2)c(F)c1. The monoisotopic (exact) mass is 564 g/mol. The molecule has 2 heterocycles. The van der Waals surface area contributed by atoms with Gasteiger partial charge >= 0.3 is 6.18 Å². The molecule has 0 atom stereocenters. The van der Waals surface area contributed by atoms with Gasteiger partial charge in [-0.05, 0) is 55.1 Å². The first-order chi connectivity index (χ1) is 19.5. The van der Waals surface area contributed by atoms with E-state index in [1.54, 1.807) is 18.2 Å². The molecule has 0 aliphatic rings. The van der Waals surface area contributed by atoms with Crippen LogP contribution in [-0.2, 0) is 12.7 Å². The van der Waals surface area contributed by atoms with Gasteiger partial charge in [-0.2, -0.15) is 23.3 Å². The number of anilines is 2. The van der Waals surface area contributed by atoms with Gasteiger partial charge in [0.15, 0.2) is 11.5 Å².